The summed E-state index contributed by atoms with van der Waals surface area (Å²) in [7, 11) is 3.23. The Morgan fingerprint density at radius 3 is 2.88 bits per heavy atom. The van der Waals surface area contributed by atoms with Gasteiger partial charge in [0, 0.05) is 25.4 Å². The molecule has 6 nitrogen and oxygen atoms in total. The third-order valence-electron chi connectivity index (χ3n) is 3.91. The minimum absolute atomic E-state index is 0.137. The number of halogens is 1. The second kappa shape index (κ2) is 6.27. The van der Waals surface area contributed by atoms with Gasteiger partial charge in [0.2, 0.25) is 5.88 Å². The fourth-order valence-corrected chi connectivity index (χ4v) is 2.62. The highest BCUT2D eigenvalue weighted by atomic mass is 19.1. The van der Waals surface area contributed by atoms with Gasteiger partial charge in [-0.3, -0.25) is 4.79 Å². The van der Waals surface area contributed by atoms with E-state index in [-0.39, 0.29) is 11.4 Å². The first-order chi connectivity index (χ1) is 11.5. The van der Waals surface area contributed by atoms with Gasteiger partial charge >= 0.3 is 0 Å². The van der Waals surface area contributed by atoms with Crippen molar-refractivity contribution in [2.45, 2.75) is 13.5 Å². The molecule has 3 aromatic rings. The molecule has 0 atom stereocenters. The third kappa shape index (κ3) is 2.80. The van der Waals surface area contributed by atoms with Gasteiger partial charge in [-0.25, -0.2) is 14.4 Å². The lowest BCUT2D eigenvalue weighted by Crippen LogP contribution is -2.24. The van der Waals surface area contributed by atoms with Gasteiger partial charge in [-0.1, -0.05) is 6.07 Å². The van der Waals surface area contributed by atoms with Crippen LogP contribution in [-0.4, -0.2) is 27.6 Å². The van der Waals surface area contributed by atoms with Gasteiger partial charge in [0.05, 0.1) is 30.0 Å². The molecule has 1 aromatic carbocycles. The number of benzene rings is 1. The van der Waals surface area contributed by atoms with Crippen LogP contribution >= 0.6 is 0 Å². The Bertz CT molecular complexity index is 920. The summed E-state index contributed by atoms with van der Waals surface area (Å²) < 4.78 is 20.3. The van der Waals surface area contributed by atoms with E-state index in [2.05, 4.69) is 15.3 Å². The Hall–Kier alpha value is -2.96. The highest BCUT2D eigenvalue weighted by Gasteiger charge is 2.14. The summed E-state index contributed by atoms with van der Waals surface area (Å²) in [5.74, 6) is -1.21. The van der Waals surface area contributed by atoms with Crippen molar-refractivity contribution in [2.24, 2.45) is 7.05 Å². The smallest absolute Gasteiger partial charge is 0.253 e. The molecule has 1 amide bonds. The molecule has 0 radical (unpaired) electrons. The van der Waals surface area contributed by atoms with Gasteiger partial charge in [0.25, 0.3) is 5.91 Å². The number of hydrogen-bond acceptors (Lipinski definition) is 4. The van der Waals surface area contributed by atoms with Crippen LogP contribution in [0.4, 0.5) is 4.39 Å². The maximum Gasteiger partial charge on any atom is 0.253 e. The lowest BCUT2D eigenvalue weighted by molar-refractivity contribution is 0.0950. The maximum absolute atomic E-state index is 13.7. The molecule has 0 bridgehead atoms. The zero-order chi connectivity index (χ0) is 17.3. The number of ether oxygens (including phenoxy) is 1. The monoisotopic (exact) mass is 328 g/mol. The normalized spacial score (nSPS) is 10.8. The number of imidazole rings is 1. The summed E-state index contributed by atoms with van der Waals surface area (Å²) in [5, 5.41) is 2.80. The summed E-state index contributed by atoms with van der Waals surface area (Å²) in [5.41, 5.74) is 4.00. The van der Waals surface area contributed by atoms with Crippen molar-refractivity contribution < 1.29 is 13.9 Å². The van der Waals surface area contributed by atoms with Gasteiger partial charge in [-0.05, 0) is 24.6 Å². The summed E-state index contributed by atoms with van der Waals surface area (Å²) >= 11 is 0. The van der Waals surface area contributed by atoms with Crippen molar-refractivity contribution in [3.63, 3.8) is 0 Å². The fraction of sp³-hybridized carbons (Fsp3) is 0.235. The first kappa shape index (κ1) is 15.9. The molecule has 0 saturated heterocycles. The quantitative estimate of drug-likeness (QED) is 0.798. The second-order valence-corrected chi connectivity index (χ2v) is 5.48. The molecule has 2 heterocycles. The van der Waals surface area contributed by atoms with Crippen LogP contribution in [0.2, 0.25) is 0 Å². The number of nitrogens with zero attached hydrogens (tertiary/aromatic N) is 3. The Morgan fingerprint density at radius 2 is 2.17 bits per heavy atom. The number of fused-ring (bicyclic) bond motifs is 1. The molecule has 24 heavy (non-hydrogen) atoms. The summed E-state index contributed by atoms with van der Waals surface area (Å²) in [4.78, 5) is 20.3. The van der Waals surface area contributed by atoms with Crippen molar-refractivity contribution in [2.75, 3.05) is 7.11 Å². The second-order valence-electron chi connectivity index (χ2n) is 5.48. The minimum atomic E-state index is -0.671. The fourth-order valence-electron chi connectivity index (χ4n) is 2.62. The first-order valence-electron chi connectivity index (χ1n) is 7.38. The molecule has 7 heteroatoms. The predicted molar refractivity (Wildman–Crippen MR) is 87.4 cm³/mol. The van der Waals surface area contributed by atoms with Crippen LogP contribution in [0.1, 0.15) is 21.5 Å². The summed E-state index contributed by atoms with van der Waals surface area (Å²) in [6, 6.07) is 5.02. The number of aryl methyl sites for hydroxylation is 2. The molecular formula is C17H17FN4O2. The van der Waals surface area contributed by atoms with Gasteiger partial charge in [0.1, 0.15) is 0 Å². The van der Waals surface area contributed by atoms with Gasteiger partial charge < -0.3 is 14.6 Å². The van der Waals surface area contributed by atoms with Crippen LogP contribution < -0.4 is 10.1 Å². The molecule has 0 fully saturated rings. The average molecular weight is 328 g/mol. The standard InChI is InChI=1S/C17H17FN4O2/c1-10-4-5-14-15(22(2)9-21-14)12(10)8-19-16(23)11-6-13(18)17(24-3)20-7-11/h4-7,9H,8H2,1-3H3,(H,19,23). The number of aromatic nitrogens is 3. The van der Waals surface area contributed by atoms with Crippen molar-refractivity contribution in [1.29, 1.82) is 0 Å². The van der Waals surface area contributed by atoms with Crippen molar-refractivity contribution in [1.82, 2.24) is 19.9 Å². The van der Waals surface area contributed by atoms with E-state index in [0.717, 1.165) is 28.2 Å². The molecule has 0 unspecified atom stereocenters. The Balaban J connectivity index is 1.83. The van der Waals surface area contributed by atoms with Crippen molar-refractivity contribution in [3.8, 4) is 5.88 Å². The number of nitrogens with one attached hydrogen (secondary N) is 1. The highest BCUT2D eigenvalue weighted by molar-refractivity contribution is 5.94. The molecule has 0 saturated carbocycles. The Labute approximate surface area is 138 Å². The average Bonchev–Trinajstić information content (AvgIpc) is 2.95. The third-order valence-corrected chi connectivity index (χ3v) is 3.91. The molecule has 0 aliphatic carbocycles. The molecule has 0 spiro atoms. The van der Waals surface area contributed by atoms with Gasteiger partial charge in [0.15, 0.2) is 5.82 Å². The Kier molecular flexibility index (Phi) is 4.16. The van der Waals surface area contributed by atoms with E-state index in [1.165, 1.54) is 13.3 Å². The number of carbonyl (C=O) groups is 1. The van der Waals surface area contributed by atoms with Crippen LogP contribution in [-0.2, 0) is 13.6 Å². The van der Waals surface area contributed by atoms with E-state index in [0.29, 0.717) is 6.54 Å². The van der Waals surface area contributed by atoms with Crippen molar-refractivity contribution in [3.05, 3.63) is 53.2 Å². The molecule has 3 rings (SSSR count). The van der Waals surface area contributed by atoms with E-state index in [9.17, 15) is 9.18 Å². The van der Waals surface area contributed by atoms with Crippen LogP contribution in [0, 0.1) is 12.7 Å². The van der Waals surface area contributed by atoms with Gasteiger partial charge in [-0.15, -0.1) is 0 Å². The zero-order valence-corrected chi connectivity index (χ0v) is 13.6. The lowest BCUT2D eigenvalue weighted by Gasteiger charge is -2.11. The zero-order valence-electron chi connectivity index (χ0n) is 13.6. The Morgan fingerprint density at radius 1 is 1.38 bits per heavy atom. The number of pyridine rings is 1. The van der Waals surface area contributed by atoms with Gasteiger partial charge in [-0.2, -0.15) is 0 Å². The maximum atomic E-state index is 13.7. The van der Waals surface area contributed by atoms with E-state index < -0.39 is 11.7 Å². The van der Waals surface area contributed by atoms with Crippen LogP contribution in [0.5, 0.6) is 5.88 Å². The molecule has 1 N–H and O–H groups in total. The van der Waals surface area contributed by atoms with E-state index in [1.54, 1.807) is 6.33 Å². The van der Waals surface area contributed by atoms with Crippen LogP contribution in [0.15, 0.2) is 30.7 Å². The predicted octanol–water partition coefficient (Wildman–Crippen LogP) is 2.35. The van der Waals surface area contributed by atoms with E-state index >= 15 is 0 Å². The van der Waals surface area contributed by atoms with Crippen LogP contribution in [0.25, 0.3) is 11.0 Å². The number of hydrogen-bond donors (Lipinski definition) is 1. The van der Waals surface area contributed by atoms with Crippen molar-refractivity contribution >= 4 is 16.9 Å². The van der Waals surface area contributed by atoms with E-state index in [1.807, 2.05) is 30.7 Å². The molecule has 0 aliphatic heterocycles. The SMILES string of the molecule is COc1ncc(C(=O)NCc2c(C)ccc3ncn(C)c23)cc1F. The first-order valence-corrected chi connectivity index (χ1v) is 7.38. The van der Waals surface area contributed by atoms with E-state index in [4.69, 9.17) is 4.74 Å². The largest absolute Gasteiger partial charge is 0.479 e. The topological polar surface area (TPSA) is 69.0 Å². The number of amides is 1. The lowest BCUT2D eigenvalue weighted by atomic mass is 10.1. The number of carbonyl (C=O) groups excluding carboxylic acids is 1. The molecular weight excluding hydrogens is 311 g/mol. The van der Waals surface area contributed by atoms with Crippen LogP contribution in [0.3, 0.4) is 0 Å². The molecule has 124 valence electrons. The number of methoxy groups -OCH3 is 1. The summed E-state index contributed by atoms with van der Waals surface area (Å²) in [6.07, 6.45) is 3.02. The number of rotatable bonds is 4. The molecule has 2 aromatic heterocycles. The summed E-state index contributed by atoms with van der Waals surface area (Å²) in [6.45, 7) is 2.29. The molecule has 0 aliphatic rings. The highest BCUT2D eigenvalue weighted by Crippen LogP contribution is 2.21. The minimum Gasteiger partial charge on any atom is -0.479 e.